The standard InChI is InChI=1S/C18H15N5O4/c19-15(24)14(11-4-1-2-7-20-11)23-13-10(18(25)26)6-8-21-16(13)22-17(23)12-5-3-9-27-12/h1-9,14,17H,(H2,19,24)(H,21,22)(H,25,26). The highest BCUT2D eigenvalue weighted by Gasteiger charge is 2.43. The number of carbonyl (C=O) groups excluding carboxylic acids is 1. The number of carboxylic acids is 1. The largest absolute Gasteiger partial charge is 0.478 e. The van der Waals surface area contributed by atoms with Gasteiger partial charge in [-0.2, -0.15) is 0 Å². The Morgan fingerprint density at radius 1 is 1.19 bits per heavy atom. The summed E-state index contributed by atoms with van der Waals surface area (Å²) in [6.45, 7) is 0. The van der Waals surface area contributed by atoms with Crippen LogP contribution in [-0.2, 0) is 4.79 Å². The average molecular weight is 365 g/mol. The first kappa shape index (κ1) is 16.6. The molecule has 2 atom stereocenters. The van der Waals surface area contributed by atoms with Crippen LogP contribution in [0.15, 0.2) is 59.5 Å². The van der Waals surface area contributed by atoms with Gasteiger partial charge in [0.1, 0.15) is 5.76 Å². The molecule has 4 rings (SSSR count). The molecule has 136 valence electrons. The van der Waals surface area contributed by atoms with E-state index in [2.05, 4.69) is 15.3 Å². The summed E-state index contributed by atoms with van der Waals surface area (Å²) in [5.74, 6) is -1.03. The van der Waals surface area contributed by atoms with E-state index >= 15 is 0 Å². The van der Waals surface area contributed by atoms with Crippen LogP contribution in [-0.4, -0.2) is 27.0 Å². The number of carbonyl (C=O) groups is 2. The quantitative estimate of drug-likeness (QED) is 0.624. The lowest BCUT2D eigenvalue weighted by Crippen LogP contribution is -2.40. The van der Waals surface area contributed by atoms with Crippen molar-refractivity contribution in [2.24, 2.45) is 5.73 Å². The van der Waals surface area contributed by atoms with Crippen molar-refractivity contribution in [1.82, 2.24) is 9.97 Å². The number of aromatic nitrogens is 2. The number of anilines is 2. The molecule has 4 N–H and O–H groups in total. The van der Waals surface area contributed by atoms with E-state index in [1.165, 1.54) is 18.5 Å². The maximum Gasteiger partial charge on any atom is 0.338 e. The SMILES string of the molecule is NC(=O)C(c1ccccn1)N1c2c(C(=O)O)ccnc2NC1c1ccco1. The van der Waals surface area contributed by atoms with Gasteiger partial charge >= 0.3 is 5.97 Å². The molecule has 4 heterocycles. The van der Waals surface area contributed by atoms with Crippen LogP contribution in [0.3, 0.4) is 0 Å². The van der Waals surface area contributed by atoms with E-state index in [-0.39, 0.29) is 11.3 Å². The van der Waals surface area contributed by atoms with Crippen LogP contribution < -0.4 is 16.0 Å². The van der Waals surface area contributed by atoms with Crippen molar-refractivity contribution in [2.45, 2.75) is 12.2 Å². The van der Waals surface area contributed by atoms with Gasteiger partial charge in [-0.05, 0) is 30.3 Å². The van der Waals surface area contributed by atoms with Crippen molar-refractivity contribution in [3.63, 3.8) is 0 Å². The summed E-state index contributed by atoms with van der Waals surface area (Å²) in [4.78, 5) is 34.2. The molecule has 1 aliphatic heterocycles. The molecule has 0 bridgehead atoms. The van der Waals surface area contributed by atoms with Crippen molar-refractivity contribution in [1.29, 1.82) is 0 Å². The van der Waals surface area contributed by atoms with Crippen LogP contribution >= 0.6 is 0 Å². The summed E-state index contributed by atoms with van der Waals surface area (Å²) in [5.41, 5.74) is 6.33. The number of fused-ring (bicyclic) bond motifs is 1. The molecule has 0 saturated carbocycles. The van der Waals surface area contributed by atoms with Crippen molar-refractivity contribution < 1.29 is 19.1 Å². The fraction of sp³-hybridized carbons (Fsp3) is 0.111. The van der Waals surface area contributed by atoms with Gasteiger partial charge in [0, 0.05) is 12.4 Å². The van der Waals surface area contributed by atoms with Crippen LogP contribution in [0, 0.1) is 0 Å². The molecule has 9 heteroatoms. The number of nitrogens with zero attached hydrogens (tertiary/aromatic N) is 3. The predicted molar refractivity (Wildman–Crippen MR) is 94.9 cm³/mol. The smallest absolute Gasteiger partial charge is 0.338 e. The third-order valence-corrected chi connectivity index (χ3v) is 4.29. The van der Waals surface area contributed by atoms with Gasteiger partial charge in [0.15, 0.2) is 18.0 Å². The summed E-state index contributed by atoms with van der Waals surface area (Å²) >= 11 is 0. The molecular formula is C18H15N5O4. The maximum atomic E-state index is 12.4. The van der Waals surface area contributed by atoms with Gasteiger partial charge < -0.3 is 25.5 Å². The van der Waals surface area contributed by atoms with Gasteiger partial charge in [0.05, 0.1) is 23.2 Å². The number of hydrogen-bond donors (Lipinski definition) is 3. The molecule has 0 aromatic carbocycles. The molecule has 1 aliphatic rings. The molecule has 0 radical (unpaired) electrons. The number of nitrogens with one attached hydrogen (secondary N) is 1. The van der Waals surface area contributed by atoms with E-state index in [1.807, 2.05) is 0 Å². The molecular weight excluding hydrogens is 350 g/mol. The molecule has 27 heavy (non-hydrogen) atoms. The van der Waals surface area contributed by atoms with Crippen LogP contribution in [0.2, 0.25) is 0 Å². The summed E-state index contributed by atoms with van der Waals surface area (Å²) in [7, 11) is 0. The Labute approximate surface area is 153 Å². The molecule has 0 fully saturated rings. The van der Waals surface area contributed by atoms with E-state index in [1.54, 1.807) is 41.4 Å². The molecule has 3 aromatic rings. The normalized spacial score (nSPS) is 16.4. The van der Waals surface area contributed by atoms with Crippen LogP contribution in [0.25, 0.3) is 0 Å². The van der Waals surface area contributed by atoms with E-state index < -0.39 is 24.1 Å². The fourth-order valence-electron chi connectivity index (χ4n) is 3.22. The third-order valence-electron chi connectivity index (χ3n) is 4.29. The zero-order valence-electron chi connectivity index (χ0n) is 13.9. The second-order valence-electron chi connectivity index (χ2n) is 5.89. The molecule has 2 unspecified atom stereocenters. The minimum atomic E-state index is -1.15. The number of aromatic carboxylic acids is 1. The van der Waals surface area contributed by atoms with Gasteiger partial charge in [0.25, 0.3) is 0 Å². The summed E-state index contributed by atoms with van der Waals surface area (Å²) in [6.07, 6.45) is 3.74. The van der Waals surface area contributed by atoms with E-state index in [4.69, 9.17) is 10.2 Å². The van der Waals surface area contributed by atoms with E-state index in [0.717, 1.165) is 0 Å². The number of carboxylic acid groups (broad SMARTS) is 1. The Morgan fingerprint density at radius 3 is 2.67 bits per heavy atom. The Hall–Kier alpha value is -3.88. The lowest BCUT2D eigenvalue weighted by molar-refractivity contribution is -0.119. The monoisotopic (exact) mass is 365 g/mol. The number of furan rings is 1. The molecule has 1 amide bonds. The number of pyridine rings is 2. The number of hydrogen-bond acceptors (Lipinski definition) is 7. The molecule has 0 aliphatic carbocycles. The van der Waals surface area contributed by atoms with Crippen LogP contribution in [0.4, 0.5) is 11.5 Å². The summed E-state index contributed by atoms with van der Waals surface area (Å²) in [6, 6.07) is 8.85. The second kappa shape index (κ2) is 6.45. The number of amides is 1. The summed E-state index contributed by atoms with van der Waals surface area (Å²) in [5, 5.41) is 12.7. The van der Waals surface area contributed by atoms with Gasteiger partial charge in [-0.3, -0.25) is 9.78 Å². The average Bonchev–Trinajstić information content (AvgIpc) is 3.30. The zero-order valence-corrected chi connectivity index (χ0v) is 13.9. The van der Waals surface area contributed by atoms with E-state index in [0.29, 0.717) is 17.3 Å². The highest BCUT2D eigenvalue weighted by Crippen LogP contribution is 2.46. The minimum Gasteiger partial charge on any atom is -0.478 e. The third kappa shape index (κ3) is 2.74. The lowest BCUT2D eigenvalue weighted by atomic mass is 10.1. The van der Waals surface area contributed by atoms with Crippen molar-refractivity contribution in [3.8, 4) is 0 Å². The van der Waals surface area contributed by atoms with Gasteiger partial charge in [-0.1, -0.05) is 6.07 Å². The highest BCUT2D eigenvalue weighted by molar-refractivity contribution is 6.00. The first-order valence-electron chi connectivity index (χ1n) is 8.08. The van der Waals surface area contributed by atoms with Gasteiger partial charge in [-0.25, -0.2) is 9.78 Å². The predicted octanol–water partition coefficient (Wildman–Crippen LogP) is 1.93. The first-order valence-corrected chi connectivity index (χ1v) is 8.08. The highest BCUT2D eigenvalue weighted by atomic mass is 16.4. The molecule has 3 aromatic heterocycles. The molecule has 0 spiro atoms. The number of nitrogens with two attached hydrogens (primary N) is 1. The maximum absolute atomic E-state index is 12.4. The zero-order chi connectivity index (χ0) is 19.0. The van der Waals surface area contributed by atoms with Gasteiger partial charge in [0.2, 0.25) is 5.91 Å². The van der Waals surface area contributed by atoms with Crippen LogP contribution in [0.1, 0.15) is 34.0 Å². The second-order valence-corrected chi connectivity index (χ2v) is 5.89. The van der Waals surface area contributed by atoms with Crippen molar-refractivity contribution in [2.75, 3.05) is 10.2 Å². The minimum absolute atomic E-state index is 0.0104. The van der Waals surface area contributed by atoms with Crippen molar-refractivity contribution in [3.05, 3.63) is 72.1 Å². The Kier molecular flexibility index (Phi) is 3.96. The fourth-order valence-corrected chi connectivity index (χ4v) is 3.22. The Balaban J connectivity index is 1.94. The van der Waals surface area contributed by atoms with Crippen LogP contribution in [0.5, 0.6) is 0 Å². The topological polar surface area (TPSA) is 135 Å². The van der Waals surface area contributed by atoms with E-state index in [9.17, 15) is 14.7 Å². The molecule has 0 saturated heterocycles. The first-order chi connectivity index (χ1) is 13.1. The Morgan fingerprint density at radius 2 is 2.04 bits per heavy atom. The van der Waals surface area contributed by atoms with Crippen molar-refractivity contribution >= 4 is 23.4 Å². The Bertz CT molecular complexity index is 990. The molecule has 9 nitrogen and oxygen atoms in total. The number of rotatable bonds is 5. The summed E-state index contributed by atoms with van der Waals surface area (Å²) < 4.78 is 5.49. The lowest BCUT2D eigenvalue weighted by Gasteiger charge is -2.32. The number of primary amides is 1. The van der Waals surface area contributed by atoms with Gasteiger partial charge in [-0.15, -0.1) is 0 Å².